The smallest absolute Gasteiger partial charge is 0.269 e. The minimum absolute atomic E-state index is 0.0222. The van der Waals surface area contributed by atoms with E-state index in [2.05, 4.69) is 10.6 Å². The molecular weight excluding hydrogens is 410 g/mol. The molecule has 1 aliphatic rings. The highest BCUT2D eigenvalue weighted by atomic mass is 35.5. The van der Waals surface area contributed by atoms with Gasteiger partial charge in [0.1, 0.15) is 16.3 Å². The molecule has 1 aliphatic carbocycles. The van der Waals surface area contributed by atoms with Crippen LogP contribution >= 0.6 is 11.6 Å². The molecule has 152 valence electrons. The lowest BCUT2D eigenvalue weighted by Crippen LogP contribution is -2.38. The number of hydroxylamine groups is 1. The van der Waals surface area contributed by atoms with E-state index in [9.17, 15) is 23.1 Å². The predicted molar refractivity (Wildman–Crippen MR) is 106 cm³/mol. The van der Waals surface area contributed by atoms with E-state index in [1.54, 1.807) is 0 Å². The maximum Gasteiger partial charge on any atom is 0.269 e. The minimum atomic E-state index is -4.25. The molecule has 0 bridgehead atoms. The Morgan fingerprint density at radius 1 is 1.25 bits per heavy atom. The lowest BCUT2D eigenvalue weighted by molar-refractivity contribution is -0.0259. The van der Waals surface area contributed by atoms with Crippen molar-refractivity contribution >= 4 is 38.7 Å². The molecule has 0 spiro atoms. The minimum Gasteiger partial charge on any atom is -0.504 e. The summed E-state index contributed by atoms with van der Waals surface area (Å²) in [5, 5.41) is 15.9. The van der Waals surface area contributed by atoms with Gasteiger partial charge < -0.3 is 15.7 Å². The number of benzene rings is 1. The van der Waals surface area contributed by atoms with Gasteiger partial charge >= 0.3 is 0 Å². The molecule has 0 aromatic heterocycles. The molecule has 0 unspecified atom stereocenters. The number of nitrogens with one attached hydrogen (secondary N) is 2. The Labute approximate surface area is 166 Å². The molecule has 0 aliphatic heterocycles. The third kappa shape index (κ3) is 3.48. The first-order chi connectivity index (χ1) is 13.1. The van der Waals surface area contributed by atoms with Crippen LogP contribution in [0.2, 0.25) is 5.02 Å². The van der Waals surface area contributed by atoms with Crippen LogP contribution in [0.25, 0.3) is 0 Å². The van der Waals surface area contributed by atoms with E-state index in [1.807, 2.05) is 6.92 Å². The summed E-state index contributed by atoms with van der Waals surface area (Å²) in [6.07, 6.45) is 2.11. The van der Waals surface area contributed by atoms with Crippen LogP contribution in [-0.2, 0) is 14.9 Å². The van der Waals surface area contributed by atoms with Gasteiger partial charge in [-0.2, -0.15) is 0 Å². The van der Waals surface area contributed by atoms with Crippen molar-refractivity contribution in [3.63, 3.8) is 0 Å². The summed E-state index contributed by atoms with van der Waals surface area (Å²) in [6, 6.07) is 2.59. The lowest BCUT2D eigenvalue weighted by Gasteiger charge is -2.21. The Kier molecular flexibility index (Phi) is 5.41. The van der Waals surface area contributed by atoms with Crippen molar-refractivity contribution in [2.75, 3.05) is 24.8 Å². The number of halogens is 1. The standard InChI is InChI=1S/C17H20ClN3O6S/c1-8(9-4-5-9)19-12-13(16(24)15(12)23)20-11-7-6-10(18)17(14(11)22)28(25,26)21(2)27-3/h6-9,19-20,22H,4-5H2,1-3H3/t8-/m0/s1. The van der Waals surface area contributed by atoms with Gasteiger partial charge in [0.25, 0.3) is 20.9 Å². The third-order valence-electron chi connectivity index (χ3n) is 4.81. The van der Waals surface area contributed by atoms with E-state index in [4.69, 9.17) is 16.4 Å². The number of phenols is 1. The van der Waals surface area contributed by atoms with E-state index in [-0.39, 0.29) is 28.1 Å². The molecule has 0 amide bonds. The van der Waals surface area contributed by atoms with Crippen LogP contribution in [0.1, 0.15) is 19.8 Å². The number of nitrogens with zero attached hydrogens (tertiary/aromatic N) is 1. The van der Waals surface area contributed by atoms with E-state index < -0.39 is 31.5 Å². The van der Waals surface area contributed by atoms with Crippen LogP contribution in [0.5, 0.6) is 5.75 Å². The molecule has 2 aromatic carbocycles. The third-order valence-corrected chi connectivity index (χ3v) is 6.99. The fourth-order valence-corrected chi connectivity index (χ4v) is 4.41. The van der Waals surface area contributed by atoms with Gasteiger partial charge in [0.05, 0.1) is 17.8 Å². The zero-order valence-electron chi connectivity index (χ0n) is 15.4. The van der Waals surface area contributed by atoms with Crippen molar-refractivity contribution < 1.29 is 18.4 Å². The quantitative estimate of drug-likeness (QED) is 0.329. The highest BCUT2D eigenvalue weighted by Gasteiger charge is 2.33. The number of anilines is 3. The summed E-state index contributed by atoms with van der Waals surface area (Å²) < 4.78 is 25.6. The largest absolute Gasteiger partial charge is 0.504 e. The van der Waals surface area contributed by atoms with Crippen LogP contribution in [0.3, 0.4) is 0 Å². The van der Waals surface area contributed by atoms with Gasteiger partial charge in [0.15, 0.2) is 5.75 Å². The number of phenolic OH excluding ortho intramolecular Hbond substituents is 1. The van der Waals surface area contributed by atoms with Gasteiger partial charge in [0, 0.05) is 13.1 Å². The average molecular weight is 430 g/mol. The maximum atomic E-state index is 12.5. The van der Waals surface area contributed by atoms with Gasteiger partial charge in [0.2, 0.25) is 0 Å². The molecule has 9 nitrogen and oxygen atoms in total. The monoisotopic (exact) mass is 429 g/mol. The molecule has 0 saturated heterocycles. The Balaban J connectivity index is 1.97. The fraction of sp³-hybridized carbons (Fsp3) is 0.412. The zero-order valence-corrected chi connectivity index (χ0v) is 17.0. The molecule has 0 radical (unpaired) electrons. The van der Waals surface area contributed by atoms with Crippen LogP contribution < -0.4 is 21.5 Å². The summed E-state index contributed by atoms with van der Waals surface area (Å²) in [6.45, 7) is 1.92. The molecule has 3 N–H and O–H groups in total. The van der Waals surface area contributed by atoms with E-state index in [0.717, 1.165) is 27.0 Å². The maximum absolute atomic E-state index is 12.5. The van der Waals surface area contributed by atoms with E-state index in [1.165, 1.54) is 12.1 Å². The Morgan fingerprint density at radius 3 is 2.43 bits per heavy atom. The summed E-state index contributed by atoms with van der Waals surface area (Å²) in [4.78, 5) is 28.0. The van der Waals surface area contributed by atoms with Crippen molar-refractivity contribution in [1.82, 2.24) is 4.47 Å². The van der Waals surface area contributed by atoms with Crippen LogP contribution in [0, 0.1) is 5.92 Å². The molecular formula is C17H20ClN3O6S. The number of hydrogen-bond acceptors (Lipinski definition) is 8. The number of sulfonamides is 1. The molecule has 1 saturated carbocycles. The normalized spacial score (nSPS) is 15.8. The highest BCUT2D eigenvalue weighted by molar-refractivity contribution is 7.89. The Hall–Kier alpha value is -2.14. The van der Waals surface area contributed by atoms with Crippen LogP contribution in [0.15, 0.2) is 26.6 Å². The second kappa shape index (κ2) is 7.36. The van der Waals surface area contributed by atoms with E-state index >= 15 is 0 Å². The van der Waals surface area contributed by atoms with Crippen molar-refractivity contribution in [1.29, 1.82) is 0 Å². The number of hydrogen-bond donors (Lipinski definition) is 3. The molecule has 1 atom stereocenters. The van der Waals surface area contributed by atoms with Gasteiger partial charge in [-0.15, -0.1) is 0 Å². The number of rotatable bonds is 8. The predicted octanol–water partition coefficient (Wildman–Crippen LogP) is 1.78. The fourth-order valence-electron chi connectivity index (χ4n) is 2.84. The van der Waals surface area contributed by atoms with Gasteiger partial charge in [-0.1, -0.05) is 16.1 Å². The summed E-state index contributed by atoms with van der Waals surface area (Å²) >= 11 is 5.97. The van der Waals surface area contributed by atoms with Crippen molar-refractivity contribution in [3.8, 4) is 5.75 Å². The summed E-state index contributed by atoms with van der Waals surface area (Å²) in [5.74, 6) is -0.242. The second-order valence-corrected chi connectivity index (χ2v) is 8.95. The Morgan fingerprint density at radius 2 is 1.86 bits per heavy atom. The van der Waals surface area contributed by atoms with E-state index in [0.29, 0.717) is 10.4 Å². The van der Waals surface area contributed by atoms with Crippen molar-refractivity contribution in [2.24, 2.45) is 5.92 Å². The summed E-state index contributed by atoms with van der Waals surface area (Å²) in [7, 11) is -1.96. The van der Waals surface area contributed by atoms with Crippen LogP contribution in [-0.4, -0.2) is 38.2 Å². The molecule has 28 heavy (non-hydrogen) atoms. The second-order valence-electron chi connectivity index (χ2n) is 6.67. The summed E-state index contributed by atoms with van der Waals surface area (Å²) in [5.41, 5.74) is -1.40. The first kappa shape index (κ1) is 20.6. The number of aromatic hydroxyl groups is 1. The first-order valence-electron chi connectivity index (χ1n) is 8.51. The first-order valence-corrected chi connectivity index (χ1v) is 10.3. The lowest BCUT2D eigenvalue weighted by atomic mass is 10.1. The topological polar surface area (TPSA) is 125 Å². The van der Waals surface area contributed by atoms with Crippen molar-refractivity contribution in [3.05, 3.63) is 37.6 Å². The molecule has 0 heterocycles. The molecule has 2 aromatic rings. The molecule has 3 rings (SSSR count). The molecule has 11 heteroatoms. The average Bonchev–Trinajstić information content (AvgIpc) is 3.49. The highest BCUT2D eigenvalue weighted by Crippen LogP contribution is 2.40. The van der Waals surface area contributed by atoms with Gasteiger partial charge in [-0.25, -0.2) is 8.42 Å². The molecule has 1 fully saturated rings. The SMILES string of the molecule is CON(C)S(=O)(=O)c1c(Cl)ccc(Nc2c(N[C@@H](C)C3CC3)c(=O)c2=O)c1O. The van der Waals surface area contributed by atoms with Gasteiger partial charge in [-0.05, 0) is 37.8 Å². The zero-order chi connectivity index (χ0) is 20.8. The Bertz CT molecular complexity index is 1090. The van der Waals surface area contributed by atoms with Crippen LogP contribution in [0.4, 0.5) is 17.1 Å². The van der Waals surface area contributed by atoms with Gasteiger partial charge in [-0.3, -0.25) is 14.4 Å². The van der Waals surface area contributed by atoms with Crippen molar-refractivity contribution in [2.45, 2.75) is 30.7 Å².